The number of aromatic nitrogens is 1. The smallest absolute Gasteiger partial charge is 0.433 e. The van der Waals surface area contributed by atoms with Crippen LogP contribution in [0.25, 0.3) is 11.1 Å². The van der Waals surface area contributed by atoms with Crippen LogP contribution in [0, 0.1) is 0 Å². The third kappa shape index (κ3) is 4.44. The van der Waals surface area contributed by atoms with E-state index in [9.17, 15) is 23.1 Å². The van der Waals surface area contributed by atoms with Gasteiger partial charge in [-0.25, -0.2) is 4.79 Å². The standard InChI is InChI=1S/C20H14F3NO3/c21-20(22,23)18-9-6-14(11-24-18)16-8-7-15(10-17(16)19(25)26)27-12-13-4-2-1-3-5-13/h1-11H,12H2,(H,25,26). The zero-order valence-electron chi connectivity index (χ0n) is 13.9. The Kier molecular flexibility index (Phi) is 5.12. The number of aromatic carboxylic acids is 1. The fraction of sp³-hybridized carbons (Fsp3) is 0.100. The Labute approximate surface area is 152 Å². The van der Waals surface area contributed by atoms with Crippen LogP contribution < -0.4 is 4.74 Å². The number of alkyl halides is 3. The number of rotatable bonds is 5. The minimum Gasteiger partial charge on any atom is -0.489 e. The van der Waals surface area contributed by atoms with Crippen molar-refractivity contribution < 1.29 is 27.8 Å². The largest absolute Gasteiger partial charge is 0.489 e. The van der Waals surface area contributed by atoms with Crippen molar-refractivity contribution in [1.29, 1.82) is 0 Å². The molecule has 0 fully saturated rings. The van der Waals surface area contributed by atoms with E-state index in [1.54, 1.807) is 6.07 Å². The van der Waals surface area contributed by atoms with Crippen LogP contribution in [0.1, 0.15) is 21.6 Å². The van der Waals surface area contributed by atoms with E-state index in [-0.39, 0.29) is 23.3 Å². The van der Waals surface area contributed by atoms with Crippen LogP contribution in [0.5, 0.6) is 5.75 Å². The van der Waals surface area contributed by atoms with Gasteiger partial charge in [0.2, 0.25) is 0 Å². The summed E-state index contributed by atoms with van der Waals surface area (Å²) in [6, 6.07) is 15.8. The first-order valence-corrected chi connectivity index (χ1v) is 7.92. The van der Waals surface area contributed by atoms with Crippen LogP contribution in [0.2, 0.25) is 0 Å². The molecular formula is C20H14F3NO3. The fourth-order valence-corrected chi connectivity index (χ4v) is 2.50. The summed E-state index contributed by atoms with van der Waals surface area (Å²) in [7, 11) is 0. The molecule has 0 saturated carbocycles. The molecule has 0 amide bonds. The average molecular weight is 373 g/mol. The molecule has 0 atom stereocenters. The molecule has 4 nitrogen and oxygen atoms in total. The molecule has 0 bridgehead atoms. The summed E-state index contributed by atoms with van der Waals surface area (Å²) in [4.78, 5) is 15.0. The van der Waals surface area contributed by atoms with E-state index in [0.717, 1.165) is 17.8 Å². The van der Waals surface area contributed by atoms with Gasteiger partial charge < -0.3 is 9.84 Å². The van der Waals surface area contributed by atoms with Crippen molar-refractivity contribution >= 4 is 5.97 Å². The predicted octanol–water partition coefficient (Wildman–Crippen LogP) is 5.04. The highest BCUT2D eigenvalue weighted by Crippen LogP contribution is 2.31. The molecule has 27 heavy (non-hydrogen) atoms. The molecule has 0 aliphatic rings. The Morgan fingerprint density at radius 2 is 1.78 bits per heavy atom. The van der Waals surface area contributed by atoms with Gasteiger partial charge in [0, 0.05) is 11.8 Å². The molecule has 0 aliphatic heterocycles. The summed E-state index contributed by atoms with van der Waals surface area (Å²) >= 11 is 0. The van der Waals surface area contributed by atoms with Gasteiger partial charge in [0.15, 0.2) is 0 Å². The van der Waals surface area contributed by atoms with E-state index in [1.165, 1.54) is 18.2 Å². The molecule has 3 rings (SSSR count). The summed E-state index contributed by atoms with van der Waals surface area (Å²) in [5.74, 6) is -0.866. The van der Waals surface area contributed by atoms with Crippen molar-refractivity contribution in [2.75, 3.05) is 0 Å². The van der Waals surface area contributed by atoms with Crippen LogP contribution in [0.4, 0.5) is 13.2 Å². The van der Waals surface area contributed by atoms with Crippen molar-refractivity contribution in [1.82, 2.24) is 4.98 Å². The second-order valence-corrected chi connectivity index (χ2v) is 5.72. The molecule has 1 heterocycles. The lowest BCUT2D eigenvalue weighted by Crippen LogP contribution is -2.07. The summed E-state index contributed by atoms with van der Waals surface area (Å²) in [5.41, 5.74) is 0.337. The van der Waals surface area contributed by atoms with E-state index in [4.69, 9.17) is 4.74 Å². The van der Waals surface area contributed by atoms with E-state index in [2.05, 4.69) is 4.98 Å². The molecule has 0 unspecified atom stereocenters. The lowest BCUT2D eigenvalue weighted by Gasteiger charge is -2.11. The quantitative estimate of drug-likeness (QED) is 0.680. The molecule has 7 heteroatoms. The first-order valence-electron chi connectivity index (χ1n) is 7.92. The normalized spacial score (nSPS) is 11.2. The van der Waals surface area contributed by atoms with Crippen LogP contribution in [0.15, 0.2) is 66.9 Å². The maximum absolute atomic E-state index is 12.6. The van der Waals surface area contributed by atoms with Gasteiger partial charge in [0.1, 0.15) is 18.1 Å². The zero-order valence-corrected chi connectivity index (χ0v) is 13.9. The summed E-state index contributed by atoms with van der Waals surface area (Å²) in [6.07, 6.45) is -3.54. The van der Waals surface area contributed by atoms with Gasteiger partial charge in [-0.1, -0.05) is 36.4 Å². The van der Waals surface area contributed by atoms with Crippen LogP contribution in [-0.2, 0) is 12.8 Å². The second kappa shape index (κ2) is 7.49. The predicted molar refractivity (Wildman–Crippen MR) is 92.4 cm³/mol. The van der Waals surface area contributed by atoms with Crippen molar-refractivity contribution in [2.45, 2.75) is 12.8 Å². The van der Waals surface area contributed by atoms with Gasteiger partial charge in [-0.2, -0.15) is 13.2 Å². The van der Waals surface area contributed by atoms with Gasteiger partial charge in [-0.3, -0.25) is 4.98 Å². The monoisotopic (exact) mass is 373 g/mol. The SMILES string of the molecule is O=C(O)c1cc(OCc2ccccc2)ccc1-c1ccc(C(F)(F)F)nc1. The van der Waals surface area contributed by atoms with Crippen LogP contribution >= 0.6 is 0 Å². The fourth-order valence-electron chi connectivity index (χ4n) is 2.50. The lowest BCUT2D eigenvalue weighted by molar-refractivity contribution is -0.141. The van der Waals surface area contributed by atoms with Crippen molar-refractivity contribution in [3.8, 4) is 16.9 Å². The second-order valence-electron chi connectivity index (χ2n) is 5.72. The molecule has 0 saturated heterocycles. The Hall–Kier alpha value is -3.35. The first kappa shape index (κ1) is 18.4. The number of benzene rings is 2. The Bertz CT molecular complexity index is 939. The number of hydrogen-bond donors (Lipinski definition) is 1. The number of carboxylic acids is 1. The van der Waals surface area contributed by atoms with Crippen molar-refractivity contribution in [3.63, 3.8) is 0 Å². The minimum atomic E-state index is -4.55. The average Bonchev–Trinajstić information content (AvgIpc) is 2.66. The van der Waals surface area contributed by atoms with Crippen LogP contribution in [-0.4, -0.2) is 16.1 Å². The van der Waals surface area contributed by atoms with E-state index >= 15 is 0 Å². The summed E-state index contributed by atoms with van der Waals surface area (Å²) in [6.45, 7) is 0.265. The number of carboxylic acid groups (broad SMARTS) is 1. The molecule has 0 radical (unpaired) electrons. The maximum atomic E-state index is 12.6. The molecule has 2 aromatic carbocycles. The third-order valence-electron chi connectivity index (χ3n) is 3.83. The lowest BCUT2D eigenvalue weighted by atomic mass is 10.0. The molecular weight excluding hydrogens is 359 g/mol. The highest BCUT2D eigenvalue weighted by Gasteiger charge is 2.32. The van der Waals surface area contributed by atoms with E-state index < -0.39 is 17.8 Å². The van der Waals surface area contributed by atoms with Gasteiger partial charge in [0.25, 0.3) is 0 Å². The van der Waals surface area contributed by atoms with Gasteiger partial charge in [0.05, 0.1) is 5.56 Å². The van der Waals surface area contributed by atoms with Gasteiger partial charge in [-0.15, -0.1) is 0 Å². The number of carbonyl (C=O) groups is 1. The third-order valence-corrected chi connectivity index (χ3v) is 3.83. The summed E-state index contributed by atoms with van der Waals surface area (Å²) in [5, 5.41) is 9.46. The highest BCUT2D eigenvalue weighted by molar-refractivity contribution is 5.96. The Morgan fingerprint density at radius 3 is 2.37 bits per heavy atom. The molecule has 1 aromatic heterocycles. The van der Waals surface area contributed by atoms with Crippen LogP contribution in [0.3, 0.4) is 0 Å². The molecule has 3 aromatic rings. The molecule has 0 spiro atoms. The molecule has 0 aliphatic carbocycles. The Balaban J connectivity index is 1.87. The van der Waals surface area contributed by atoms with Crippen molar-refractivity contribution in [2.24, 2.45) is 0 Å². The number of pyridine rings is 1. The Morgan fingerprint density at radius 1 is 1.04 bits per heavy atom. The number of nitrogens with zero attached hydrogens (tertiary/aromatic N) is 1. The molecule has 138 valence electrons. The summed E-state index contributed by atoms with van der Waals surface area (Å²) < 4.78 is 43.5. The van der Waals surface area contributed by atoms with Crippen molar-refractivity contribution in [3.05, 3.63) is 83.7 Å². The van der Waals surface area contributed by atoms with Gasteiger partial charge >= 0.3 is 12.1 Å². The number of hydrogen-bond acceptors (Lipinski definition) is 3. The van der Waals surface area contributed by atoms with E-state index in [0.29, 0.717) is 5.75 Å². The first-order chi connectivity index (χ1) is 12.8. The maximum Gasteiger partial charge on any atom is 0.433 e. The topological polar surface area (TPSA) is 59.4 Å². The number of ether oxygens (including phenoxy) is 1. The van der Waals surface area contributed by atoms with E-state index in [1.807, 2.05) is 30.3 Å². The molecule has 1 N–H and O–H groups in total. The minimum absolute atomic E-state index is 0.0814. The van der Waals surface area contributed by atoms with Gasteiger partial charge in [-0.05, 0) is 35.4 Å². The number of halogens is 3. The highest BCUT2D eigenvalue weighted by atomic mass is 19.4. The zero-order chi connectivity index (χ0) is 19.4.